The Morgan fingerprint density at radius 2 is 1.83 bits per heavy atom. The molecule has 5 rings (SSSR count). The van der Waals surface area contributed by atoms with Gasteiger partial charge in [0.25, 0.3) is 0 Å². The van der Waals surface area contributed by atoms with E-state index in [0.29, 0.717) is 11.7 Å². The number of phenols is 1. The first-order valence-electron chi connectivity index (χ1n) is 13.0. The highest BCUT2D eigenvalue weighted by Gasteiger charge is 2.51. The molecule has 1 fully saturated rings. The molecule has 0 spiro atoms. The number of benzene rings is 2. The zero-order valence-corrected chi connectivity index (χ0v) is 22.8. The Hall–Kier alpha value is -2.92. The number of aromatic nitrogens is 1. The first kappa shape index (κ1) is 24.8. The van der Waals surface area contributed by atoms with E-state index >= 15 is 0 Å². The second-order valence-electron chi connectivity index (χ2n) is 12.0. The molecule has 0 radical (unpaired) electrons. The Kier molecular flexibility index (Phi) is 6.11. The zero-order valence-electron chi connectivity index (χ0n) is 22.8. The predicted octanol–water partition coefficient (Wildman–Crippen LogP) is 6.64. The molecule has 1 aromatic heterocycles. The third-order valence-corrected chi connectivity index (χ3v) is 8.43. The molecular weight excluding hydrogens is 448 g/mol. The van der Waals surface area contributed by atoms with Gasteiger partial charge >= 0.3 is 0 Å². The maximum Gasteiger partial charge on any atom is 0.164 e. The van der Waals surface area contributed by atoms with Crippen LogP contribution in [0.4, 0.5) is 0 Å². The minimum Gasteiger partial charge on any atom is -0.504 e. The zero-order chi connectivity index (χ0) is 25.8. The van der Waals surface area contributed by atoms with Gasteiger partial charge in [-0.3, -0.25) is 0 Å². The quantitative estimate of drug-likeness (QED) is 0.409. The molecule has 2 aliphatic rings. The van der Waals surface area contributed by atoms with Crippen LogP contribution in [-0.4, -0.2) is 41.4 Å². The van der Waals surface area contributed by atoms with Crippen LogP contribution in [0.15, 0.2) is 30.5 Å². The molecule has 2 heterocycles. The number of nitrogens with zero attached hydrogens (tertiary/aromatic N) is 2. The van der Waals surface area contributed by atoms with E-state index in [1.54, 1.807) is 7.11 Å². The van der Waals surface area contributed by atoms with Crippen molar-refractivity contribution in [1.82, 2.24) is 9.47 Å². The average molecular weight is 489 g/mol. The van der Waals surface area contributed by atoms with E-state index in [4.69, 9.17) is 9.47 Å². The largest absolute Gasteiger partial charge is 0.504 e. The maximum atomic E-state index is 10.9. The highest BCUT2D eigenvalue weighted by Crippen LogP contribution is 2.54. The summed E-state index contributed by atoms with van der Waals surface area (Å²) in [5.41, 5.74) is 5.55. The van der Waals surface area contributed by atoms with Crippen LogP contribution in [0.3, 0.4) is 0 Å². The van der Waals surface area contributed by atoms with Gasteiger partial charge in [0.15, 0.2) is 11.5 Å². The van der Waals surface area contributed by atoms with Gasteiger partial charge in [-0.25, -0.2) is 0 Å². The number of aryl methyl sites for hydroxylation is 1. The van der Waals surface area contributed by atoms with Crippen molar-refractivity contribution in [2.45, 2.75) is 58.6 Å². The van der Waals surface area contributed by atoms with Crippen LogP contribution in [0.25, 0.3) is 23.1 Å². The Morgan fingerprint density at radius 1 is 1.11 bits per heavy atom. The van der Waals surface area contributed by atoms with Gasteiger partial charge < -0.3 is 24.0 Å². The fourth-order valence-corrected chi connectivity index (χ4v) is 6.70. The summed E-state index contributed by atoms with van der Waals surface area (Å²) in [7, 11) is 7.97. The van der Waals surface area contributed by atoms with Gasteiger partial charge in [-0.15, -0.1) is 0 Å². The Balaban J connectivity index is 1.49. The highest BCUT2D eigenvalue weighted by molar-refractivity contribution is 5.92. The standard InChI is InChI=1S/C31H40N2O3/c1-30(2)11-8-12-31(3)27(30)17-22-13-20(15-25(34)29(22)36-31)9-10-21-14-24-28(26(16-21)35-7)23(18-32(4)5)19-33(24)6/h9-10,13-16,19,27,34H,8,11-12,17-18H2,1-7H3/b10-9+/t27-,31-/m1/s1. The smallest absolute Gasteiger partial charge is 0.164 e. The van der Waals surface area contributed by atoms with Gasteiger partial charge in [-0.1, -0.05) is 26.0 Å². The summed E-state index contributed by atoms with van der Waals surface area (Å²) in [5.74, 6) is 2.22. The summed E-state index contributed by atoms with van der Waals surface area (Å²) in [6, 6.07) is 8.30. The normalized spacial score (nSPS) is 23.1. The number of hydrogen-bond acceptors (Lipinski definition) is 4. The minimum atomic E-state index is -0.212. The van der Waals surface area contributed by atoms with Crippen molar-refractivity contribution in [3.8, 4) is 17.2 Å². The van der Waals surface area contributed by atoms with Gasteiger partial charge in [0, 0.05) is 31.1 Å². The molecule has 0 unspecified atom stereocenters. The van der Waals surface area contributed by atoms with E-state index in [-0.39, 0.29) is 16.8 Å². The summed E-state index contributed by atoms with van der Waals surface area (Å²) in [5, 5.41) is 12.1. The summed E-state index contributed by atoms with van der Waals surface area (Å²) >= 11 is 0. The third-order valence-electron chi connectivity index (χ3n) is 8.43. The molecule has 5 nitrogen and oxygen atoms in total. The fourth-order valence-electron chi connectivity index (χ4n) is 6.70. The SMILES string of the molecule is COc1cc(/C=C/c2cc(O)c3c(c2)C[C@@H]2C(C)(C)CCC[C@@]2(C)O3)cc2c1c(CN(C)C)cn2C. The van der Waals surface area contributed by atoms with Crippen molar-refractivity contribution in [3.63, 3.8) is 0 Å². The van der Waals surface area contributed by atoms with Crippen molar-refractivity contribution >= 4 is 23.1 Å². The number of fused-ring (bicyclic) bond motifs is 3. The van der Waals surface area contributed by atoms with Crippen LogP contribution in [0, 0.1) is 11.3 Å². The molecule has 2 aromatic carbocycles. The van der Waals surface area contributed by atoms with Gasteiger partial charge in [0.2, 0.25) is 0 Å². The van der Waals surface area contributed by atoms with Crippen LogP contribution in [0.1, 0.15) is 62.3 Å². The summed E-state index contributed by atoms with van der Waals surface area (Å²) in [6.45, 7) is 7.82. The minimum absolute atomic E-state index is 0.212. The van der Waals surface area contributed by atoms with Crippen LogP contribution >= 0.6 is 0 Å². The molecule has 1 saturated carbocycles. The Morgan fingerprint density at radius 3 is 2.53 bits per heavy atom. The number of hydrogen-bond donors (Lipinski definition) is 1. The van der Waals surface area contributed by atoms with E-state index in [9.17, 15) is 5.11 Å². The molecule has 3 aromatic rings. The molecule has 0 saturated heterocycles. The number of rotatable bonds is 5. The highest BCUT2D eigenvalue weighted by atomic mass is 16.5. The Labute approximate surface area is 215 Å². The lowest BCUT2D eigenvalue weighted by atomic mass is 9.59. The van der Waals surface area contributed by atoms with Gasteiger partial charge in [-0.05, 0) is 98.6 Å². The maximum absolute atomic E-state index is 10.9. The lowest BCUT2D eigenvalue weighted by Gasteiger charge is -2.53. The van der Waals surface area contributed by atoms with Crippen LogP contribution < -0.4 is 9.47 Å². The van der Waals surface area contributed by atoms with E-state index in [1.165, 1.54) is 18.4 Å². The molecule has 5 heteroatoms. The van der Waals surface area contributed by atoms with Crippen LogP contribution in [0.2, 0.25) is 0 Å². The van der Waals surface area contributed by atoms with Crippen molar-refractivity contribution in [2.24, 2.45) is 18.4 Å². The van der Waals surface area contributed by atoms with Crippen LogP contribution in [-0.2, 0) is 20.0 Å². The van der Waals surface area contributed by atoms with E-state index in [2.05, 4.69) is 87.9 Å². The lowest BCUT2D eigenvalue weighted by molar-refractivity contribution is -0.0827. The Bertz CT molecular complexity index is 1330. The van der Waals surface area contributed by atoms with E-state index < -0.39 is 0 Å². The predicted molar refractivity (Wildman–Crippen MR) is 148 cm³/mol. The average Bonchev–Trinajstić information content (AvgIpc) is 3.11. The molecule has 1 N–H and O–H groups in total. The number of aromatic hydroxyl groups is 1. The molecule has 2 atom stereocenters. The van der Waals surface area contributed by atoms with Crippen molar-refractivity contribution in [3.05, 3.63) is 52.7 Å². The van der Waals surface area contributed by atoms with Crippen molar-refractivity contribution in [2.75, 3.05) is 21.2 Å². The fraction of sp³-hybridized carbons (Fsp3) is 0.484. The second-order valence-corrected chi connectivity index (χ2v) is 12.0. The molecule has 1 aliphatic heterocycles. The monoisotopic (exact) mass is 488 g/mol. The van der Waals surface area contributed by atoms with E-state index in [1.807, 2.05) is 6.07 Å². The third kappa shape index (κ3) is 4.28. The molecule has 36 heavy (non-hydrogen) atoms. The number of ether oxygens (including phenoxy) is 2. The van der Waals surface area contributed by atoms with Crippen LogP contribution in [0.5, 0.6) is 17.2 Å². The second kappa shape index (κ2) is 8.88. The summed E-state index contributed by atoms with van der Waals surface area (Å²) in [6.07, 6.45) is 10.7. The number of methoxy groups -OCH3 is 1. The van der Waals surface area contributed by atoms with E-state index in [0.717, 1.165) is 52.7 Å². The molecular formula is C31H40N2O3. The first-order chi connectivity index (χ1) is 17.0. The summed E-state index contributed by atoms with van der Waals surface area (Å²) in [4.78, 5) is 2.17. The van der Waals surface area contributed by atoms with Crippen molar-refractivity contribution in [1.29, 1.82) is 0 Å². The topological polar surface area (TPSA) is 46.9 Å². The lowest BCUT2D eigenvalue weighted by Crippen LogP contribution is -2.53. The molecule has 1 aliphatic carbocycles. The summed E-state index contributed by atoms with van der Waals surface area (Å²) < 4.78 is 14.5. The molecule has 0 amide bonds. The first-order valence-corrected chi connectivity index (χ1v) is 13.0. The van der Waals surface area contributed by atoms with Gasteiger partial charge in [0.1, 0.15) is 11.4 Å². The molecule has 0 bridgehead atoms. The van der Waals surface area contributed by atoms with Gasteiger partial charge in [0.05, 0.1) is 12.6 Å². The van der Waals surface area contributed by atoms with Gasteiger partial charge in [-0.2, -0.15) is 0 Å². The number of phenolic OH excluding ortho intramolecular Hbond substituents is 1. The molecule has 192 valence electrons. The van der Waals surface area contributed by atoms with Crippen molar-refractivity contribution < 1.29 is 14.6 Å².